The molecule has 5 nitrogen and oxygen atoms in total. The summed E-state index contributed by atoms with van der Waals surface area (Å²) in [4.78, 5) is 10.8. The maximum atomic E-state index is 11.8. The van der Waals surface area contributed by atoms with Crippen LogP contribution in [-0.2, 0) is 20.2 Å². The van der Waals surface area contributed by atoms with E-state index in [-0.39, 0.29) is 22.6 Å². The Morgan fingerprint density at radius 3 is 2.65 bits per heavy atom. The van der Waals surface area contributed by atoms with E-state index in [0.29, 0.717) is 0 Å². The molecule has 2 rings (SSSR count). The summed E-state index contributed by atoms with van der Waals surface area (Å²) in [5, 5.41) is 19.1. The molecule has 0 fully saturated rings. The number of hydrogen-bond donors (Lipinski definition) is 2. The third kappa shape index (κ3) is 2.05. The van der Waals surface area contributed by atoms with E-state index < -0.39 is 27.8 Å². The standard InChI is InChI=1S/C11H12O5S/c12-10(13)7-11(14)5-6-17(15,16)9-4-2-1-3-8(9)11/h1-4,14H,5-7H2,(H,12,13). The van der Waals surface area contributed by atoms with Gasteiger partial charge in [0.1, 0.15) is 5.60 Å². The van der Waals surface area contributed by atoms with Crippen LogP contribution in [0, 0.1) is 0 Å². The third-order valence-electron chi connectivity index (χ3n) is 2.95. The first-order valence-corrected chi connectivity index (χ1v) is 6.77. The molecule has 0 saturated carbocycles. The second-order valence-corrected chi connectivity index (χ2v) is 6.24. The number of aliphatic carboxylic acids is 1. The van der Waals surface area contributed by atoms with Gasteiger partial charge < -0.3 is 10.2 Å². The predicted molar refractivity (Wildman–Crippen MR) is 59.3 cm³/mol. The lowest BCUT2D eigenvalue weighted by atomic mass is 9.87. The van der Waals surface area contributed by atoms with Crippen molar-refractivity contribution in [1.82, 2.24) is 0 Å². The van der Waals surface area contributed by atoms with E-state index in [9.17, 15) is 18.3 Å². The normalized spacial score (nSPS) is 26.2. The highest BCUT2D eigenvalue weighted by Crippen LogP contribution is 2.38. The summed E-state index contributed by atoms with van der Waals surface area (Å²) in [6, 6.07) is 6.01. The van der Waals surface area contributed by atoms with Crippen molar-refractivity contribution in [1.29, 1.82) is 0 Å². The smallest absolute Gasteiger partial charge is 0.306 e. The highest BCUT2D eigenvalue weighted by Gasteiger charge is 2.41. The topological polar surface area (TPSA) is 91.7 Å². The molecule has 0 bridgehead atoms. The predicted octanol–water partition coefficient (Wildman–Crippen LogP) is 0.526. The van der Waals surface area contributed by atoms with Crippen LogP contribution in [-0.4, -0.2) is 30.4 Å². The van der Waals surface area contributed by atoms with Crippen LogP contribution in [0.25, 0.3) is 0 Å². The van der Waals surface area contributed by atoms with Gasteiger partial charge in [-0.15, -0.1) is 0 Å². The third-order valence-corrected chi connectivity index (χ3v) is 4.72. The highest BCUT2D eigenvalue weighted by molar-refractivity contribution is 7.91. The lowest BCUT2D eigenvalue weighted by Gasteiger charge is -2.32. The fourth-order valence-corrected chi connectivity index (χ4v) is 3.81. The van der Waals surface area contributed by atoms with Crippen LogP contribution in [0.2, 0.25) is 0 Å². The van der Waals surface area contributed by atoms with Gasteiger partial charge in [0, 0.05) is 5.56 Å². The van der Waals surface area contributed by atoms with Crippen molar-refractivity contribution in [3.63, 3.8) is 0 Å². The molecule has 92 valence electrons. The summed E-state index contributed by atoms with van der Waals surface area (Å²) in [5.74, 6) is -1.38. The first-order chi connectivity index (χ1) is 7.85. The molecule has 1 aromatic carbocycles. The fraction of sp³-hybridized carbons (Fsp3) is 0.364. The largest absolute Gasteiger partial charge is 0.481 e. The Morgan fingerprint density at radius 2 is 2.00 bits per heavy atom. The molecule has 1 aromatic rings. The number of carboxylic acid groups (broad SMARTS) is 1. The molecule has 2 N–H and O–H groups in total. The Kier molecular flexibility index (Phi) is 2.71. The van der Waals surface area contributed by atoms with E-state index in [0.717, 1.165) is 0 Å². The minimum absolute atomic E-state index is 0.0370. The van der Waals surface area contributed by atoms with Crippen molar-refractivity contribution in [2.45, 2.75) is 23.3 Å². The van der Waals surface area contributed by atoms with Crippen LogP contribution in [0.3, 0.4) is 0 Å². The lowest BCUT2D eigenvalue weighted by Crippen LogP contribution is -2.37. The summed E-state index contributed by atoms with van der Waals surface area (Å²) in [6.45, 7) is 0. The minimum atomic E-state index is -3.40. The van der Waals surface area contributed by atoms with Crippen LogP contribution in [0.5, 0.6) is 0 Å². The van der Waals surface area contributed by atoms with E-state index in [1.807, 2.05) is 0 Å². The van der Waals surface area contributed by atoms with Gasteiger partial charge in [-0.1, -0.05) is 18.2 Å². The lowest BCUT2D eigenvalue weighted by molar-refractivity contribution is -0.143. The van der Waals surface area contributed by atoms with Crippen molar-refractivity contribution in [2.24, 2.45) is 0 Å². The zero-order chi connectivity index (χ0) is 12.7. The Labute approximate surface area is 98.6 Å². The van der Waals surface area contributed by atoms with Gasteiger partial charge in [0.05, 0.1) is 17.1 Å². The maximum absolute atomic E-state index is 11.8. The number of fused-ring (bicyclic) bond motifs is 1. The van der Waals surface area contributed by atoms with E-state index >= 15 is 0 Å². The van der Waals surface area contributed by atoms with Gasteiger partial charge in [0.2, 0.25) is 0 Å². The zero-order valence-electron chi connectivity index (χ0n) is 8.96. The number of carboxylic acids is 1. The van der Waals surface area contributed by atoms with Crippen LogP contribution < -0.4 is 0 Å². The fourth-order valence-electron chi connectivity index (χ4n) is 2.10. The van der Waals surface area contributed by atoms with Gasteiger partial charge >= 0.3 is 5.97 Å². The molecule has 1 aliphatic rings. The number of benzene rings is 1. The number of hydrogen-bond acceptors (Lipinski definition) is 4. The second-order valence-electron chi connectivity index (χ2n) is 4.17. The maximum Gasteiger partial charge on any atom is 0.306 e. The molecule has 1 atom stereocenters. The first-order valence-electron chi connectivity index (χ1n) is 5.12. The van der Waals surface area contributed by atoms with Gasteiger partial charge in [0.25, 0.3) is 0 Å². The van der Waals surface area contributed by atoms with Gasteiger partial charge in [0.15, 0.2) is 9.84 Å². The average Bonchev–Trinajstić information content (AvgIpc) is 2.25. The van der Waals surface area contributed by atoms with Gasteiger partial charge in [-0.25, -0.2) is 8.42 Å². The van der Waals surface area contributed by atoms with E-state index in [1.54, 1.807) is 12.1 Å². The molecular formula is C11H12O5S. The second kappa shape index (κ2) is 3.82. The molecule has 1 heterocycles. The molecule has 1 unspecified atom stereocenters. The van der Waals surface area contributed by atoms with E-state index in [2.05, 4.69) is 0 Å². The van der Waals surface area contributed by atoms with Crippen molar-refractivity contribution >= 4 is 15.8 Å². The van der Waals surface area contributed by atoms with E-state index in [1.165, 1.54) is 12.1 Å². The average molecular weight is 256 g/mol. The van der Waals surface area contributed by atoms with Gasteiger partial charge in [-0.2, -0.15) is 0 Å². The molecular weight excluding hydrogens is 244 g/mol. The summed E-state index contributed by atoms with van der Waals surface area (Å²) >= 11 is 0. The summed E-state index contributed by atoms with van der Waals surface area (Å²) < 4.78 is 23.6. The van der Waals surface area contributed by atoms with Crippen molar-refractivity contribution < 1.29 is 23.4 Å². The zero-order valence-corrected chi connectivity index (χ0v) is 9.77. The summed E-state index contributed by atoms with van der Waals surface area (Å²) in [5.41, 5.74) is -1.40. The highest BCUT2D eigenvalue weighted by atomic mass is 32.2. The summed E-state index contributed by atoms with van der Waals surface area (Å²) in [7, 11) is -3.40. The SMILES string of the molecule is O=C(O)CC1(O)CCS(=O)(=O)c2ccccc21. The van der Waals surface area contributed by atoms with Crippen molar-refractivity contribution in [3.8, 4) is 0 Å². The van der Waals surface area contributed by atoms with E-state index in [4.69, 9.17) is 5.11 Å². The van der Waals surface area contributed by atoms with Gasteiger partial charge in [-0.3, -0.25) is 4.79 Å². The van der Waals surface area contributed by atoms with Crippen LogP contribution in [0.1, 0.15) is 18.4 Å². The van der Waals surface area contributed by atoms with Crippen molar-refractivity contribution in [3.05, 3.63) is 29.8 Å². The number of aliphatic hydroxyl groups is 1. The quantitative estimate of drug-likeness (QED) is 0.805. The molecule has 0 saturated heterocycles. The number of rotatable bonds is 2. The Bertz CT molecular complexity index is 563. The minimum Gasteiger partial charge on any atom is -0.481 e. The molecule has 0 amide bonds. The molecule has 0 aromatic heterocycles. The van der Waals surface area contributed by atoms with Crippen LogP contribution >= 0.6 is 0 Å². The molecule has 0 aliphatic carbocycles. The molecule has 0 radical (unpaired) electrons. The van der Waals surface area contributed by atoms with Crippen LogP contribution in [0.4, 0.5) is 0 Å². The molecule has 17 heavy (non-hydrogen) atoms. The van der Waals surface area contributed by atoms with Crippen molar-refractivity contribution in [2.75, 3.05) is 5.75 Å². The Hall–Kier alpha value is -1.40. The molecule has 0 spiro atoms. The monoisotopic (exact) mass is 256 g/mol. The van der Waals surface area contributed by atoms with Gasteiger partial charge in [-0.05, 0) is 12.5 Å². The first kappa shape index (κ1) is 12.1. The number of sulfone groups is 1. The Morgan fingerprint density at radius 1 is 1.35 bits per heavy atom. The number of carbonyl (C=O) groups is 1. The Balaban J connectivity index is 2.59. The molecule has 1 aliphatic heterocycles. The summed E-state index contributed by atoms with van der Waals surface area (Å²) in [6.07, 6.45) is -0.571. The molecule has 6 heteroatoms. The van der Waals surface area contributed by atoms with Crippen LogP contribution in [0.15, 0.2) is 29.2 Å².